The molecule has 2 heteroatoms. The molecule has 0 aliphatic rings. The van der Waals surface area contributed by atoms with E-state index in [1.165, 1.54) is 0 Å². The third-order valence-electron chi connectivity index (χ3n) is 2.00. The smallest absolute Gasteiger partial charge is 0.253 e. The SMILES string of the molecule is CCc1ccn(C)c(=O)c1C. The maximum atomic E-state index is 11.3. The molecule has 0 saturated heterocycles. The van der Waals surface area contributed by atoms with E-state index in [4.69, 9.17) is 0 Å². The van der Waals surface area contributed by atoms with E-state index in [2.05, 4.69) is 6.92 Å². The van der Waals surface area contributed by atoms with Crippen molar-refractivity contribution < 1.29 is 0 Å². The van der Waals surface area contributed by atoms with E-state index in [9.17, 15) is 4.79 Å². The van der Waals surface area contributed by atoms with E-state index in [0.29, 0.717) is 0 Å². The molecule has 0 amide bonds. The molecule has 1 rings (SSSR count). The number of nitrogens with zero attached hydrogens (tertiary/aromatic N) is 1. The van der Waals surface area contributed by atoms with Gasteiger partial charge < -0.3 is 4.57 Å². The molecule has 60 valence electrons. The highest BCUT2D eigenvalue weighted by Gasteiger charge is 1.99. The quantitative estimate of drug-likeness (QED) is 0.592. The largest absolute Gasteiger partial charge is 0.318 e. The van der Waals surface area contributed by atoms with Gasteiger partial charge in [0.05, 0.1) is 0 Å². The van der Waals surface area contributed by atoms with E-state index in [-0.39, 0.29) is 5.56 Å². The van der Waals surface area contributed by atoms with Crippen LogP contribution in [-0.2, 0) is 13.5 Å². The van der Waals surface area contributed by atoms with Crippen LogP contribution < -0.4 is 5.56 Å². The topological polar surface area (TPSA) is 22.0 Å². The Morgan fingerprint density at radius 3 is 2.73 bits per heavy atom. The molecule has 0 atom stereocenters. The van der Waals surface area contributed by atoms with E-state index in [1.807, 2.05) is 19.2 Å². The lowest BCUT2D eigenvalue weighted by molar-refractivity contribution is 0.836. The van der Waals surface area contributed by atoms with Crippen LogP contribution in [0.15, 0.2) is 17.1 Å². The van der Waals surface area contributed by atoms with Crippen molar-refractivity contribution in [1.82, 2.24) is 4.57 Å². The van der Waals surface area contributed by atoms with Gasteiger partial charge in [0, 0.05) is 18.8 Å². The average Bonchev–Trinajstić information content (AvgIpc) is 2.01. The Bertz CT molecular complexity index is 312. The fourth-order valence-electron chi connectivity index (χ4n) is 1.18. The molecule has 2 nitrogen and oxygen atoms in total. The molecule has 0 fully saturated rings. The number of pyridine rings is 1. The summed E-state index contributed by atoms with van der Waals surface area (Å²) in [4.78, 5) is 11.3. The van der Waals surface area contributed by atoms with E-state index < -0.39 is 0 Å². The maximum Gasteiger partial charge on any atom is 0.253 e. The Morgan fingerprint density at radius 1 is 1.55 bits per heavy atom. The summed E-state index contributed by atoms with van der Waals surface area (Å²) in [6.07, 6.45) is 2.75. The van der Waals surface area contributed by atoms with Gasteiger partial charge in [-0.25, -0.2) is 0 Å². The van der Waals surface area contributed by atoms with Gasteiger partial charge in [0.2, 0.25) is 0 Å². The van der Waals surface area contributed by atoms with Crippen molar-refractivity contribution in [3.63, 3.8) is 0 Å². The zero-order chi connectivity index (χ0) is 8.43. The summed E-state index contributed by atoms with van der Waals surface area (Å²) in [5, 5.41) is 0. The van der Waals surface area contributed by atoms with Gasteiger partial charge >= 0.3 is 0 Å². The average molecular weight is 151 g/mol. The van der Waals surface area contributed by atoms with E-state index in [0.717, 1.165) is 17.5 Å². The Balaban J connectivity index is 3.37. The predicted molar refractivity (Wildman–Crippen MR) is 45.8 cm³/mol. The molecule has 1 heterocycles. The van der Waals surface area contributed by atoms with Crippen LogP contribution >= 0.6 is 0 Å². The molecule has 0 N–H and O–H groups in total. The fourth-order valence-corrected chi connectivity index (χ4v) is 1.18. The Morgan fingerprint density at radius 2 is 2.18 bits per heavy atom. The van der Waals surface area contributed by atoms with E-state index >= 15 is 0 Å². The molecule has 11 heavy (non-hydrogen) atoms. The minimum Gasteiger partial charge on any atom is -0.318 e. The second-order valence-corrected chi connectivity index (χ2v) is 2.74. The summed E-state index contributed by atoms with van der Waals surface area (Å²) in [7, 11) is 1.77. The van der Waals surface area contributed by atoms with Crippen LogP contribution in [0.25, 0.3) is 0 Å². The third-order valence-corrected chi connectivity index (χ3v) is 2.00. The lowest BCUT2D eigenvalue weighted by Gasteiger charge is -2.03. The van der Waals surface area contributed by atoms with Gasteiger partial charge in [-0.1, -0.05) is 6.92 Å². The molecule has 0 saturated carbocycles. The van der Waals surface area contributed by atoms with Gasteiger partial charge in [-0.05, 0) is 25.0 Å². The summed E-state index contributed by atoms with van der Waals surface area (Å²) in [6, 6.07) is 2.00. The normalized spacial score (nSPS) is 10.1. The zero-order valence-corrected chi connectivity index (χ0v) is 7.22. The minimum atomic E-state index is 0.115. The standard InChI is InChI=1S/C9H13NO/c1-4-8-5-6-10(3)9(11)7(8)2/h5-6H,4H2,1-3H3. The summed E-state index contributed by atoms with van der Waals surface area (Å²) < 4.78 is 1.61. The summed E-state index contributed by atoms with van der Waals surface area (Å²) in [5.41, 5.74) is 2.13. The molecular formula is C9H13NO. The van der Waals surface area contributed by atoms with Crippen LogP contribution in [0.1, 0.15) is 18.1 Å². The maximum absolute atomic E-state index is 11.3. The first-order valence-electron chi connectivity index (χ1n) is 3.82. The zero-order valence-electron chi connectivity index (χ0n) is 7.22. The highest BCUT2D eigenvalue weighted by atomic mass is 16.1. The third kappa shape index (κ3) is 1.34. The molecule has 0 bridgehead atoms. The fraction of sp³-hybridized carbons (Fsp3) is 0.444. The molecule has 0 radical (unpaired) electrons. The van der Waals surface area contributed by atoms with E-state index in [1.54, 1.807) is 11.6 Å². The first kappa shape index (κ1) is 8.05. The van der Waals surface area contributed by atoms with Crippen molar-refractivity contribution in [2.45, 2.75) is 20.3 Å². The number of hydrogen-bond acceptors (Lipinski definition) is 1. The van der Waals surface area contributed by atoms with Gasteiger partial charge in [-0.3, -0.25) is 4.79 Å². The Hall–Kier alpha value is -1.05. The summed E-state index contributed by atoms with van der Waals surface area (Å²) in [6.45, 7) is 3.93. The molecule has 0 aromatic carbocycles. The monoisotopic (exact) mass is 151 g/mol. The van der Waals surface area contributed by atoms with Crippen molar-refractivity contribution in [2.24, 2.45) is 7.05 Å². The molecule has 1 aromatic rings. The molecule has 0 aliphatic carbocycles. The lowest BCUT2D eigenvalue weighted by Crippen LogP contribution is -2.19. The second-order valence-electron chi connectivity index (χ2n) is 2.74. The minimum absolute atomic E-state index is 0.115. The summed E-state index contributed by atoms with van der Waals surface area (Å²) in [5.74, 6) is 0. The number of aromatic nitrogens is 1. The van der Waals surface area contributed by atoms with Crippen LogP contribution in [0, 0.1) is 6.92 Å². The van der Waals surface area contributed by atoms with Crippen LogP contribution in [0.2, 0.25) is 0 Å². The number of rotatable bonds is 1. The molecule has 1 aromatic heterocycles. The molecular weight excluding hydrogens is 138 g/mol. The predicted octanol–water partition coefficient (Wildman–Crippen LogP) is 1.26. The summed E-state index contributed by atoms with van der Waals surface area (Å²) >= 11 is 0. The Labute approximate surface area is 66.5 Å². The van der Waals surface area contributed by atoms with Gasteiger partial charge in [-0.2, -0.15) is 0 Å². The van der Waals surface area contributed by atoms with Gasteiger partial charge in [0.15, 0.2) is 0 Å². The van der Waals surface area contributed by atoms with Crippen molar-refractivity contribution in [2.75, 3.05) is 0 Å². The van der Waals surface area contributed by atoms with Gasteiger partial charge in [0.1, 0.15) is 0 Å². The molecule has 0 unspecified atom stereocenters. The van der Waals surface area contributed by atoms with Gasteiger partial charge in [-0.15, -0.1) is 0 Å². The number of hydrogen-bond donors (Lipinski definition) is 0. The van der Waals surface area contributed by atoms with Crippen molar-refractivity contribution >= 4 is 0 Å². The van der Waals surface area contributed by atoms with Crippen molar-refractivity contribution in [3.8, 4) is 0 Å². The van der Waals surface area contributed by atoms with Crippen LogP contribution in [-0.4, -0.2) is 4.57 Å². The highest BCUT2D eigenvalue weighted by molar-refractivity contribution is 5.21. The lowest BCUT2D eigenvalue weighted by atomic mass is 10.1. The Kier molecular flexibility index (Phi) is 2.13. The highest BCUT2D eigenvalue weighted by Crippen LogP contribution is 2.01. The van der Waals surface area contributed by atoms with Crippen molar-refractivity contribution in [1.29, 1.82) is 0 Å². The molecule has 0 aliphatic heterocycles. The van der Waals surface area contributed by atoms with Crippen LogP contribution in [0.3, 0.4) is 0 Å². The first-order chi connectivity index (χ1) is 5.16. The van der Waals surface area contributed by atoms with Gasteiger partial charge in [0.25, 0.3) is 5.56 Å². The first-order valence-corrected chi connectivity index (χ1v) is 3.82. The van der Waals surface area contributed by atoms with Crippen LogP contribution in [0.5, 0.6) is 0 Å². The van der Waals surface area contributed by atoms with Crippen LogP contribution in [0.4, 0.5) is 0 Å². The number of aryl methyl sites for hydroxylation is 2. The second kappa shape index (κ2) is 2.91. The molecule has 0 spiro atoms. The van der Waals surface area contributed by atoms with Crippen molar-refractivity contribution in [3.05, 3.63) is 33.7 Å².